The average molecular weight is 312 g/mol. The molecule has 122 valence electrons. The highest BCUT2D eigenvalue weighted by atomic mass is 16.5. The van der Waals surface area contributed by atoms with Crippen LogP contribution < -0.4 is 0 Å². The highest BCUT2D eigenvalue weighted by molar-refractivity contribution is 6.02. The maximum atomic E-state index is 12.8. The minimum atomic E-state index is -0.208. The zero-order valence-electron chi connectivity index (χ0n) is 13.8. The van der Waals surface area contributed by atoms with Crippen LogP contribution in [-0.4, -0.2) is 18.0 Å². The normalized spacial score (nSPS) is 37.2. The van der Waals surface area contributed by atoms with Crippen LogP contribution >= 0.6 is 0 Å². The van der Waals surface area contributed by atoms with E-state index in [1.54, 1.807) is 13.4 Å². The molecule has 2 saturated carbocycles. The third kappa shape index (κ3) is 2.05. The Hall–Kier alpha value is -1.77. The number of hydrogen-bond acceptors (Lipinski definition) is 3. The molecular weight excluding hydrogens is 288 g/mol. The molecule has 0 saturated heterocycles. The lowest BCUT2D eigenvalue weighted by molar-refractivity contribution is -0.127. The fourth-order valence-corrected chi connectivity index (χ4v) is 5.49. The van der Waals surface area contributed by atoms with Gasteiger partial charge in [-0.3, -0.25) is 4.79 Å². The first-order valence-electron chi connectivity index (χ1n) is 8.63. The summed E-state index contributed by atoms with van der Waals surface area (Å²) in [5.41, 5.74) is 3.36. The molecule has 2 fully saturated rings. The zero-order valence-corrected chi connectivity index (χ0v) is 13.8. The Kier molecular flexibility index (Phi) is 3.29. The fraction of sp³-hybridized carbons (Fsp3) is 0.550. The summed E-state index contributed by atoms with van der Waals surface area (Å²) in [6, 6.07) is 5.84. The van der Waals surface area contributed by atoms with Crippen LogP contribution in [0.4, 0.5) is 0 Å². The number of Topliss-reactive ketones (excluding diaryl/α,β-unsaturated/α-hetero) is 1. The molecule has 0 unspecified atom stereocenters. The van der Waals surface area contributed by atoms with Crippen molar-refractivity contribution in [3.05, 3.63) is 41.2 Å². The number of fused-ring (bicyclic) bond motifs is 5. The number of ether oxygens (including phenoxy) is 1. The summed E-state index contributed by atoms with van der Waals surface area (Å²) >= 11 is 0. The maximum absolute atomic E-state index is 12.8. The smallest absolute Gasteiger partial charge is 0.168 e. The number of carbonyl (C=O) groups excluding carboxylic acids is 1. The van der Waals surface area contributed by atoms with E-state index in [1.165, 1.54) is 11.1 Å². The van der Waals surface area contributed by atoms with E-state index in [9.17, 15) is 9.90 Å². The number of rotatable bonds is 1. The Balaban J connectivity index is 1.71. The summed E-state index contributed by atoms with van der Waals surface area (Å²) in [5.74, 6) is 2.20. The highest BCUT2D eigenvalue weighted by Crippen LogP contribution is 2.60. The number of benzene rings is 1. The van der Waals surface area contributed by atoms with E-state index >= 15 is 0 Å². The molecule has 23 heavy (non-hydrogen) atoms. The third-order valence-electron chi connectivity index (χ3n) is 6.61. The van der Waals surface area contributed by atoms with Gasteiger partial charge in [0, 0.05) is 11.0 Å². The zero-order chi connectivity index (χ0) is 16.2. The maximum Gasteiger partial charge on any atom is 0.168 e. The van der Waals surface area contributed by atoms with Gasteiger partial charge in [-0.05, 0) is 73.1 Å². The number of phenolic OH excluding ortho intramolecular Hbond substituents is 1. The molecule has 0 radical (unpaired) electrons. The molecule has 0 aromatic heterocycles. The van der Waals surface area contributed by atoms with Gasteiger partial charge in [0.15, 0.2) is 5.78 Å². The Morgan fingerprint density at radius 2 is 2.17 bits per heavy atom. The van der Waals surface area contributed by atoms with Gasteiger partial charge in [0.2, 0.25) is 0 Å². The molecule has 1 N–H and O–H groups in total. The molecule has 3 aliphatic rings. The molecule has 0 heterocycles. The van der Waals surface area contributed by atoms with E-state index in [0.717, 1.165) is 37.7 Å². The first-order valence-corrected chi connectivity index (χ1v) is 8.63. The van der Waals surface area contributed by atoms with E-state index in [-0.39, 0.29) is 5.41 Å². The van der Waals surface area contributed by atoms with Crippen LogP contribution in [0, 0.1) is 17.3 Å². The molecular formula is C20H24O3. The molecule has 0 spiro atoms. The van der Waals surface area contributed by atoms with Gasteiger partial charge in [-0.15, -0.1) is 0 Å². The van der Waals surface area contributed by atoms with Crippen molar-refractivity contribution in [1.29, 1.82) is 0 Å². The van der Waals surface area contributed by atoms with Gasteiger partial charge in [0.05, 0.1) is 13.4 Å². The van der Waals surface area contributed by atoms with Crippen molar-refractivity contribution < 1.29 is 14.6 Å². The number of methoxy groups -OCH3 is 1. The van der Waals surface area contributed by atoms with Gasteiger partial charge in [-0.1, -0.05) is 13.0 Å². The quantitative estimate of drug-likeness (QED) is 0.631. The molecule has 0 aliphatic heterocycles. The predicted octanol–water partition coefficient (Wildman–Crippen LogP) is 3.96. The third-order valence-corrected chi connectivity index (χ3v) is 6.61. The second kappa shape index (κ2) is 5.12. The Morgan fingerprint density at radius 1 is 1.35 bits per heavy atom. The van der Waals surface area contributed by atoms with Crippen molar-refractivity contribution in [2.75, 3.05) is 7.11 Å². The molecule has 0 amide bonds. The second-order valence-electron chi connectivity index (χ2n) is 7.67. The number of aromatic hydroxyl groups is 1. The average Bonchev–Trinajstić information content (AvgIpc) is 2.79. The molecule has 3 heteroatoms. The van der Waals surface area contributed by atoms with Gasteiger partial charge in [0.1, 0.15) is 5.75 Å². The lowest BCUT2D eigenvalue weighted by Gasteiger charge is -2.48. The first-order chi connectivity index (χ1) is 11.0. The standard InChI is InChI=1S/C20H24O3/c1-20-8-7-16-15-6-4-14(21)9-12(15)3-5-17(16)18(20)10-13(11-23-2)19(20)22/h4,6,9,11,16-18,21H,3,5,7-8,10H2,1-2H3/b13-11-/t16-,17-,18+,20+/m1/s1. The second-order valence-corrected chi connectivity index (χ2v) is 7.67. The van der Waals surface area contributed by atoms with Crippen molar-refractivity contribution in [2.24, 2.45) is 17.3 Å². The van der Waals surface area contributed by atoms with Gasteiger partial charge < -0.3 is 9.84 Å². The number of allylic oxidation sites excluding steroid dienone is 1. The summed E-state index contributed by atoms with van der Waals surface area (Å²) in [7, 11) is 1.62. The van der Waals surface area contributed by atoms with Crippen molar-refractivity contribution in [1.82, 2.24) is 0 Å². The lowest BCUT2D eigenvalue weighted by Crippen LogP contribution is -2.42. The van der Waals surface area contributed by atoms with Crippen molar-refractivity contribution in [3.8, 4) is 5.75 Å². The van der Waals surface area contributed by atoms with Gasteiger partial charge in [0.25, 0.3) is 0 Å². The van der Waals surface area contributed by atoms with Crippen LogP contribution in [0.25, 0.3) is 0 Å². The van der Waals surface area contributed by atoms with Crippen LogP contribution in [0.5, 0.6) is 5.75 Å². The van der Waals surface area contributed by atoms with Gasteiger partial charge in [-0.25, -0.2) is 0 Å². The first kappa shape index (κ1) is 14.8. The molecule has 1 aromatic carbocycles. The minimum absolute atomic E-state index is 0.208. The summed E-state index contributed by atoms with van der Waals surface area (Å²) in [4.78, 5) is 12.8. The summed E-state index contributed by atoms with van der Waals surface area (Å²) in [6.07, 6.45) is 6.68. The highest BCUT2D eigenvalue weighted by Gasteiger charge is 2.56. The number of phenols is 1. The predicted molar refractivity (Wildman–Crippen MR) is 88.2 cm³/mol. The van der Waals surface area contributed by atoms with E-state index in [2.05, 4.69) is 13.0 Å². The topological polar surface area (TPSA) is 46.5 Å². The van der Waals surface area contributed by atoms with Crippen molar-refractivity contribution >= 4 is 5.78 Å². The monoisotopic (exact) mass is 312 g/mol. The molecule has 1 aromatic rings. The van der Waals surface area contributed by atoms with Crippen molar-refractivity contribution in [2.45, 2.75) is 44.9 Å². The summed E-state index contributed by atoms with van der Waals surface area (Å²) < 4.78 is 5.14. The fourth-order valence-electron chi connectivity index (χ4n) is 5.49. The van der Waals surface area contributed by atoms with Crippen LogP contribution in [0.3, 0.4) is 0 Å². The van der Waals surface area contributed by atoms with E-state index in [1.807, 2.05) is 12.1 Å². The van der Waals surface area contributed by atoms with Gasteiger partial charge >= 0.3 is 0 Å². The molecule has 3 aliphatic carbocycles. The number of ketones is 1. The van der Waals surface area contributed by atoms with Crippen LogP contribution in [-0.2, 0) is 16.0 Å². The minimum Gasteiger partial charge on any atom is -0.508 e. The molecule has 3 nitrogen and oxygen atoms in total. The van der Waals surface area contributed by atoms with Crippen LogP contribution in [0.1, 0.15) is 49.7 Å². The number of carbonyl (C=O) groups is 1. The van der Waals surface area contributed by atoms with Gasteiger partial charge in [-0.2, -0.15) is 0 Å². The molecule has 0 bridgehead atoms. The molecule has 4 rings (SSSR count). The van der Waals surface area contributed by atoms with Crippen LogP contribution in [0.15, 0.2) is 30.0 Å². The lowest BCUT2D eigenvalue weighted by atomic mass is 9.55. The summed E-state index contributed by atoms with van der Waals surface area (Å²) in [5, 5.41) is 9.74. The van der Waals surface area contributed by atoms with Crippen LogP contribution in [0.2, 0.25) is 0 Å². The SMILES string of the molecule is CO/C=C1/C[C@H]2[C@@H]3CCc4cc(O)ccc4[C@H]3CC[C@]2(C)C1=O. The van der Waals surface area contributed by atoms with E-state index < -0.39 is 0 Å². The van der Waals surface area contributed by atoms with E-state index in [0.29, 0.717) is 29.3 Å². The summed E-state index contributed by atoms with van der Waals surface area (Å²) in [6.45, 7) is 2.17. The molecule has 4 atom stereocenters. The Bertz CT molecular complexity index is 690. The Morgan fingerprint density at radius 3 is 2.96 bits per heavy atom. The van der Waals surface area contributed by atoms with Crippen molar-refractivity contribution in [3.63, 3.8) is 0 Å². The number of aryl methyl sites for hydroxylation is 1. The number of hydrogen-bond donors (Lipinski definition) is 1. The Labute approximate surface area is 137 Å². The van der Waals surface area contributed by atoms with E-state index in [4.69, 9.17) is 4.74 Å². The largest absolute Gasteiger partial charge is 0.508 e.